The summed E-state index contributed by atoms with van der Waals surface area (Å²) in [6, 6.07) is 15.1. The molecule has 1 amide bonds. The average molecular weight is 791 g/mol. The van der Waals surface area contributed by atoms with Gasteiger partial charge in [0.25, 0.3) is 11.1 Å². The topological polar surface area (TPSA) is 101 Å². The fourth-order valence-corrected chi connectivity index (χ4v) is 3.47. The Morgan fingerprint density at radius 2 is 1.12 bits per heavy atom. The lowest BCUT2D eigenvalue weighted by atomic mass is 10.2. The van der Waals surface area contributed by atoms with Gasteiger partial charge in [-0.05, 0) is 91.9 Å². The van der Waals surface area contributed by atoms with Crippen molar-refractivity contribution in [3.63, 3.8) is 0 Å². The minimum absolute atomic E-state index is 0. The largest absolute Gasteiger partial charge is 0.416 e. The molecule has 0 unspecified atom stereocenters. The number of hydrogen-bond donors (Lipinski definition) is 2. The number of nitrogen functional groups attached to an aromatic ring is 1. The normalized spacial score (nSPS) is 10.2. The molecular weight excluding hydrogens is 754 g/mol. The van der Waals surface area contributed by atoms with Gasteiger partial charge in [0.15, 0.2) is 0 Å². The first-order valence-electron chi connectivity index (χ1n) is 14.3. The molecule has 0 fully saturated rings. The Hall–Kier alpha value is -3.62. The number of halogens is 10. The van der Waals surface area contributed by atoms with E-state index in [1.54, 1.807) is 12.1 Å². The van der Waals surface area contributed by atoms with E-state index in [1.165, 1.54) is 80.8 Å². The summed E-state index contributed by atoms with van der Waals surface area (Å²) in [6.07, 6.45) is -2.82. The number of alkyl halides is 8. The fraction of sp³-hybridized carbons (Fsp3) is 0.273. The van der Waals surface area contributed by atoms with Crippen LogP contribution in [-0.2, 0) is 12.4 Å². The highest BCUT2D eigenvalue weighted by Gasteiger charge is 2.31. The number of nitrogens with zero attached hydrogens (tertiary/aromatic N) is 3. The Labute approximate surface area is 308 Å². The molecule has 0 saturated carbocycles. The van der Waals surface area contributed by atoms with Gasteiger partial charge in [0, 0.05) is 47.3 Å². The molecule has 2 aromatic carbocycles. The van der Waals surface area contributed by atoms with Crippen LogP contribution in [0.1, 0.15) is 52.6 Å². The number of benzene rings is 2. The first-order chi connectivity index (χ1) is 23.0. The van der Waals surface area contributed by atoms with E-state index in [0.717, 1.165) is 24.3 Å². The molecule has 0 bridgehead atoms. The molecular formula is C33H37Cl4F6N5O2. The summed E-state index contributed by atoms with van der Waals surface area (Å²) in [7, 11) is 0. The van der Waals surface area contributed by atoms with E-state index in [2.05, 4.69) is 41.0 Å². The molecule has 0 radical (unpaired) electrons. The van der Waals surface area contributed by atoms with Gasteiger partial charge < -0.3 is 16.0 Å². The molecule has 50 heavy (non-hydrogen) atoms. The molecule has 0 saturated heterocycles. The number of amides is 1. The summed E-state index contributed by atoms with van der Waals surface area (Å²) in [4.78, 5) is 32.0. The molecule has 0 aliphatic rings. The summed E-state index contributed by atoms with van der Waals surface area (Å²) in [5.41, 5.74) is 4.66. The molecule has 0 atom stereocenters. The van der Waals surface area contributed by atoms with Crippen molar-refractivity contribution in [2.75, 3.05) is 36.0 Å². The van der Waals surface area contributed by atoms with Crippen LogP contribution < -0.4 is 11.1 Å². The van der Waals surface area contributed by atoms with Gasteiger partial charge in [-0.3, -0.25) is 19.6 Å². The molecule has 0 aliphatic heterocycles. The summed E-state index contributed by atoms with van der Waals surface area (Å²) in [5, 5.41) is 2.15. The third-order valence-electron chi connectivity index (χ3n) is 5.85. The van der Waals surface area contributed by atoms with Gasteiger partial charge in [0.1, 0.15) is 0 Å². The van der Waals surface area contributed by atoms with Gasteiger partial charge in [-0.25, -0.2) is 0 Å². The van der Waals surface area contributed by atoms with E-state index in [-0.39, 0.29) is 29.1 Å². The number of rotatable bonds is 6. The number of carbonyl (C=O) groups is 2. The highest BCUT2D eigenvalue weighted by Crippen LogP contribution is 2.31. The minimum atomic E-state index is -4.43. The van der Waals surface area contributed by atoms with Gasteiger partial charge >= 0.3 is 12.4 Å². The van der Waals surface area contributed by atoms with Crippen molar-refractivity contribution >= 4 is 69.7 Å². The van der Waals surface area contributed by atoms with Crippen molar-refractivity contribution < 1.29 is 35.9 Å². The van der Waals surface area contributed by atoms with E-state index in [0.29, 0.717) is 11.1 Å². The van der Waals surface area contributed by atoms with Crippen LogP contribution in [0.25, 0.3) is 0 Å². The monoisotopic (exact) mass is 789 g/mol. The van der Waals surface area contributed by atoms with E-state index in [9.17, 15) is 35.9 Å². The highest BCUT2D eigenvalue weighted by molar-refractivity contribution is 6.67. The Balaban J connectivity index is 0. The molecule has 2 heterocycles. The van der Waals surface area contributed by atoms with Crippen LogP contribution in [0.5, 0.6) is 0 Å². The summed E-state index contributed by atoms with van der Waals surface area (Å²) in [6.45, 7) is 10.1. The smallest absolute Gasteiger partial charge is 0.399 e. The summed E-state index contributed by atoms with van der Waals surface area (Å²) in [5.74, 6) is -0.485. The molecule has 7 nitrogen and oxygen atoms in total. The Bertz CT molecular complexity index is 1490. The lowest BCUT2D eigenvalue weighted by molar-refractivity contribution is -0.138. The van der Waals surface area contributed by atoms with E-state index >= 15 is 0 Å². The van der Waals surface area contributed by atoms with E-state index in [4.69, 9.17) is 40.5 Å². The first-order valence-corrected chi connectivity index (χ1v) is 15.7. The van der Waals surface area contributed by atoms with Crippen molar-refractivity contribution in [2.45, 2.75) is 33.1 Å². The lowest BCUT2D eigenvalue weighted by Crippen LogP contribution is -2.21. The average Bonchev–Trinajstić information content (AvgIpc) is 3.07. The molecule has 17 heteroatoms. The van der Waals surface area contributed by atoms with Gasteiger partial charge in [-0.2, -0.15) is 26.3 Å². The van der Waals surface area contributed by atoms with Crippen LogP contribution in [0.2, 0.25) is 0 Å². The Kier molecular flexibility index (Phi) is 25.4. The molecule has 0 spiro atoms. The maximum absolute atomic E-state index is 12.5. The minimum Gasteiger partial charge on any atom is -0.399 e. The van der Waals surface area contributed by atoms with Crippen molar-refractivity contribution in [3.05, 3.63) is 120 Å². The Morgan fingerprint density at radius 3 is 1.44 bits per heavy atom. The second-order valence-corrected chi connectivity index (χ2v) is 10.3. The standard InChI is InChI=1S/C13H9F3N2O.C7H6F3N.C6H4ClNO.C6H15N.CH2Cl2.ClH/c14-13(15,16)10-2-1-3-11(8-10)18-12(19)9-4-6-17-7-5-9;8-7(9,10)5-2-1-3-6(11)4-5;7-6(9)5-1-3-8-4-2-5;1-4-7(5-2)6-3;2-1-3;/h1-8H,(H,18,19);1-4H,11H2;1-4H;4-6H2,1-3H3;1H2;1H. The number of nitrogens with one attached hydrogen (secondary N) is 1. The van der Waals surface area contributed by atoms with Crippen LogP contribution in [0.3, 0.4) is 0 Å². The third kappa shape index (κ3) is 21.5. The number of nitrogens with two attached hydrogens (primary N) is 1. The van der Waals surface area contributed by atoms with Crippen molar-refractivity contribution in [1.82, 2.24) is 14.9 Å². The van der Waals surface area contributed by atoms with Gasteiger partial charge in [-0.1, -0.05) is 32.9 Å². The summed E-state index contributed by atoms with van der Waals surface area (Å²) < 4.78 is 73.3. The molecule has 3 N–H and O–H groups in total. The first kappa shape index (κ1) is 48.5. The van der Waals surface area contributed by atoms with Crippen molar-refractivity contribution in [3.8, 4) is 0 Å². The van der Waals surface area contributed by atoms with Crippen LogP contribution >= 0.6 is 47.2 Å². The molecule has 0 aliphatic carbocycles. The van der Waals surface area contributed by atoms with Gasteiger partial charge in [0.05, 0.1) is 16.5 Å². The van der Waals surface area contributed by atoms with E-state index in [1.807, 2.05) is 0 Å². The molecule has 4 aromatic rings. The molecule has 4 rings (SSSR count). The fourth-order valence-electron chi connectivity index (χ4n) is 3.35. The molecule has 2 aromatic heterocycles. The SMILES string of the molecule is CCN(CC)CC.Cl.ClCCl.Nc1cccc(C(F)(F)F)c1.O=C(Cl)c1ccncc1.O=C(Nc1cccc(C(F)(F)F)c1)c1ccncc1. The number of aromatic nitrogens is 2. The second kappa shape index (κ2) is 26.2. The predicted octanol–water partition coefficient (Wildman–Crippen LogP) is 10.3. The van der Waals surface area contributed by atoms with Crippen molar-refractivity contribution in [2.24, 2.45) is 0 Å². The zero-order chi connectivity index (χ0) is 37.5. The molecule has 276 valence electrons. The van der Waals surface area contributed by atoms with E-state index < -0.39 is 34.6 Å². The van der Waals surface area contributed by atoms with Crippen LogP contribution in [0, 0.1) is 0 Å². The lowest BCUT2D eigenvalue weighted by Gasteiger charge is -2.13. The number of pyridine rings is 2. The number of anilines is 2. The van der Waals surface area contributed by atoms with Crippen LogP contribution in [-0.4, -0.2) is 51.0 Å². The van der Waals surface area contributed by atoms with Crippen LogP contribution in [0.15, 0.2) is 97.6 Å². The van der Waals surface area contributed by atoms with Crippen LogP contribution in [0.4, 0.5) is 37.7 Å². The predicted molar refractivity (Wildman–Crippen MR) is 191 cm³/mol. The quantitative estimate of drug-likeness (QED) is 0.0873. The zero-order valence-electron chi connectivity index (χ0n) is 27.1. The second-order valence-electron chi connectivity index (χ2n) is 9.12. The number of hydrogen-bond acceptors (Lipinski definition) is 6. The zero-order valence-corrected chi connectivity index (χ0v) is 30.2. The maximum atomic E-state index is 12.5. The third-order valence-corrected chi connectivity index (χ3v) is 6.07. The highest BCUT2D eigenvalue weighted by atomic mass is 35.5. The number of carbonyl (C=O) groups excluding carboxylic acids is 2. The van der Waals surface area contributed by atoms with Gasteiger partial charge in [0.2, 0.25) is 0 Å². The summed E-state index contributed by atoms with van der Waals surface area (Å²) >= 11 is 14.7. The Morgan fingerprint density at radius 1 is 0.720 bits per heavy atom. The van der Waals surface area contributed by atoms with Crippen molar-refractivity contribution in [1.29, 1.82) is 0 Å². The maximum Gasteiger partial charge on any atom is 0.416 e. The van der Waals surface area contributed by atoms with Gasteiger partial charge in [-0.15, -0.1) is 35.6 Å².